The van der Waals surface area contributed by atoms with Gasteiger partial charge in [-0.25, -0.2) is 4.79 Å². The van der Waals surface area contributed by atoms with E-state index in [1.54, 1.807) is 0 Å². The van der Waals surface area contributed by atoms with Crippen LogP contribution in [0.25, 0.3) is 0 Å². The van der Waals surface area contributed by atoms with E-state index in [0.717, 1.165) is 12.1 Å². The Kier molecular flexibility index (Phi) is 5.18. The fraction of sp³-hybridized carbons (Fsp3) is 0.300. The molecule has 116 valence electrons. The van der Waals surface area contributed by atoms with Gasteiger partial charge < -0.3 is 9.84 Å². The van der Waals surface area contributed by atoms with Crippen LogP contribution in [0.5, 0.6) is 5.75 Å². The Balaban J connectivity index is 3.12. The molecule has 0 aliphatic heterocycles. The molecular formula is C10H7B2F3O6S. The second kappa shape index (κ2) is 6.21. The van der Waals surface area contributed by atoms with E-state index in [1.165, 1.54) is 0 Å². The summed E-state index contributed by atoms with van der Waals surface area (Å²) in [7, 11) is 5.54. The number of rotatable bonds is 4. The first-order valence-electron chi connectivity index (χ1n) is 5.42. The van der Waals surface area contributed by atoms with Crippen LogP contribution >= 0.6 is 0 Å². The number of hydrogen-bond donors (Lipinski definition) is 2. The van der Waals surface area contributed by atoms with E-state index in [2.05, 4.69) is 4.74 Å². The predicted molar refractivity (Wildman–Crippen MR) is 70.6 cm³/mol. The average molecular weight is 334 g/mol. The predicted octanol–water partition coefficient (Wildman–Crippen LogP) is -1.04. The number of halogens is 3. The smallest absolute Gasteiger partial charge is 0.426 e. The molecule has 2 N–H and O–H groups in total. The lowest BCUT2D eigenvalue weighted by Gasteiger charge is -2.20. The molecule has 1 rings (SSSR count). The highest BCUT2D eigenvalue weighted by Crippen LogP contribution is 2.26. The normalized spacial score (nSPS) is 13.6. The maximum absolute atomic E-state index is 12.6. The largest absolute Gasteiger partial charge is 0.508 e. The number of hydrogen-bond acceptors (Lipinski definition) is 5. The summed E-state index contributed by atoms with van der Waals surface area (Å²) in [6, 6.07) is 1.85. The molecule has 1 unspecified atom stereocenters. The standard InChI is InChI=1S/C10H7B2F3O6S/c11-4-1-5(8(16)6(12)2-4)9(17)21-7(10(13,14)15)3-22(18,19)20/h1-2,7,16H,3H2,(H,18,19,20). The zero-order chi connectivity index (χ0) is 17.3. The molecule has 0 fully saturated rings. The minimum absolute atomic E-state index is 0.138. The van der Waals surface area contributed by atoms with Gasteiger partial charge in [0.05, 0.1) is 0 Å². The molecule has 0 spiro atoms. The zero-order valence-electron chi connectivity index (χ0n) is 10.7. The first kappa shape index (κ1) is 18.4. The summed E-state index contributed by atoms with van der Waals surface area (Å²) in [5.74, 6) is -4.46. The number of benzene rings is 1. The molecule has 0 heterocycles. The van der Waals surface area contributed by atoms with Crippen LogP contribution in [0, 0.1) is 0 Å². The number of phenolic OH excluding ortho intramolecular Hbond substituents is 1. The van der Waals surface area contributed by atoms with Crippen LogP contribution in [-0.2, 0) is 14.9 Å². The lowest BCUT2D eigenvalue weighted by molar-refractivity contribution is -0.197. The Hall–Kier alpha value is -1.68. The lowest BCUT2D eigenvalue weighted by atomic mass is 9.84. The molecule has 0 bridgehead atoms. The van der Waals surface area contributed by atoms with E-state index in [4.69, 9.17) is 20.2 Å². The number of aromatic hydroxyl groups is 1. The van der Waals surface area contributed by atoms with Gasteiger partial charge in [-0.2, -0.15) is 21.6 Å². The SMILES string of the molecule is [B]c1cc([B])c(O)c(C(=O)OC(CS(=O)(=O)O)C(F)(F)F)c1. The summed E-state index contributed by atoms with van der Waals surface area (Å²) in [6.07, 6.45) is -8.38. The van der Waals surface area contributed by atoms with Crippen LogP contribution in [-0.4, -0.2) is 57.8 Å². The van der Waals surface area contributed by atoms with Crippen LogP contribution < -0.4 is 10.9 Å². The quantitative estimate of drug-likeness (QED) is 0.414. The number of carbonyl (C=O) groups excluding carboxylic acids is 1. The van der Waals surface area contributed by atoms with Crippen LogP contribution in [0.4, 0.5) is 13.2 Å². The van der Waals surface area contributed by atoms with Gasteiger partial charge in [0.2, 0.25) is 6.10 Å². The van der Waals surface area contributed by atoms with Crippen molar-refractivity contribution in [1.82, 2.24) is 0 Å². The number of ether oxygens (including phenoxy) is 1. The summed E-state index contributed by atoms with van der Waals surface area (Å²) in [6.45, 7) is 0. The first-order chi connectivity index (χ1) is 9.81. The third kappa shape index (κ3) is 4.95. The summed E-state index contributed by atoms with van der Waals surface area (Å²) in [4.78, 5) is 11.6. The van der Waals surface area contributed by atoms with Crippen LogP contribution in [0.3, 0.4) is 0 Å². The molecule has 0 saturated heterocycles. The summed E-state index contributed by atoms with van der Waals surface area (Å²) in [5, 5.41) is 9.51. The summed E-state index contributed by atoms with van der Waals surface area (Å²) in [5.41, 5.74) is -1.30. The van der Waals surface area contributed by atoms with Gasteiger partial charge in [-0.15, -0.1) is 0 Å². The van der Waals surface area contributed by atoms with Crippen LogP contribution in [0.2, 0.25) is 0 Å². The van der Waals surface area contributed by atoms with Crippen molar-refractivity contribution in [3.8, 4) is 5.75 Å². The molecule has 0 saturated carbocycles. The van der Waals surface area contributed by atoms with E-state index < -0.39 is 45.4 Å². The highest BCUT2D eigenvalue weighted by molar-refractivity contribution is 7.85. The Morgan fingerprint density at radius 1 is 1.32 bits per heavy atom. The van der Waals surface area contributed by atoms with Crippen molar-refractivity contribution in [3.05, 3.63) is 17.7 Å². The molecule has 0 amide bonds. The second-order valence-electron chi connectivity index (χ2n) is 4.19. The average Bonchev–Trinajstić information content (AvgIpc) is 2.29. The molecule has 0 aliphatic rings. The molecule has 0 aliphatic carbocycles. The van der Waals surface area contributed by atoms with Gasteiger partial charge in [-0.1, -0.05) is 23.1 Å². The zero-order valence-corrected chi connectivity index (χ0v) is 11.5. The van der Waals surface area contributed by atoms with Gasteiger partial charge in [0.1, 0.15) is 32.8 Å². The number of esters is 1. The van der Waals surface area contributed by atoms with Crippen LogP contribution in [0.1, 0.15) is 10.4 Å². The fourth-order valence-corrected chi connectivity index (χ4v) is 2.05. The minimum atomic E-state index is -5.26. The Bertz CT molecular complexity index is 689. The maximum Gasteiger partial charge on any atom is 0.426 e. The molecular weight excluding hydrogens is 327 g/mol. The van der Waals surface area contributed by atoms with E-state index in [0.29, 0.717) is 0 Å². The Morgan fingerprint density at radius 3 is 2.32 bits per heavy atom. The molecule has 12 heteroatoms. The van der Waals surface area contributed by atoms with E-state index >= 15 is 0 Å². The first-order valence-corrected chi connectivity index (χ1v) is 7.03. The molecule has 1 aromatic carbocycles. The van der Waals surface area contributed by atoms with Crippen molar-refractivity contribution in [2.45, 2.75) is 12.3 Å². The molecule has 1 atom stereocenters. The number of carbonyl (C=O) groups is 1. The molecule has 4 radical (unpaired) electrons. The third-order valence-corrected chi connectivity index (χ3v) is 3.08. The van der Waals surface area contributed by atoms with Gasteiger partial charge in [0, 0.05) is 0 Å². The fourth-order valence-electron chi connectivity index (χ4n) is 1.42. The van der Waals surface area contributed by atoms with Crippen molar-refractivity contribution in [2.24, 2.45) is 0 Å². The lowest BCUT2D eigenvalue weighted by Crippen LogP contribution is -2.39. The van der Waals surface area contributed by atoms with Crippen molar-refractivity contribution in [1.29, 1.82) is 0 Å². The topological polar surface area (TPSA) is 101 Å². The minimum Gasteiger partial charge on any atom is -0.508 e. The number of phenols is 1. The maximum atomic E-state index is 12.6. The summed E-state index contributed by atoms with van der Waals surface area (Å²) < 4.78 is 71.4. The van der Waals surface area contributed by atoms with Crippen molar-refractivity contribution >= 4 is 42.7 Å². The molecule has 6 nitrogen and oxygen atoms in total. The highest BCUT2D eigenvalue weighted by atomic mass is 32.2. The number of alkyl halides is 3. The molecule has 1 aromatic rings. The molecule has 0 aromatic heterocycles. The van der Waals surface area contributed by atoms with Gasteiger partial charge in [0.25, 0.3) is 10.1 Å². The van der Waals surface area contributed by atoms with Crippen molar-refractivity contribution in [2.75, 3.05) is 5.75 Å². The Labute approximate surface area is 125 Å². The van der Waals surface area contributed by atoms with Crippen LogP contribution in [0.15, 0.2) is 12.1 Å². The third-order valence-electron chi connectivity index (χ3n) is 2.36. The Morgan fingerprint density at radius 2 is 1.86 bits per heavy atom. The van der Waals surface area contributed by atoms with E-state index in [1.807, 2.05) is 0 Å². The van der Waals surface area contributed by atoms with E-state index in [-0.39, 0.29) is 10.9 Å². The monoisotopic (exact) mass is 334 g/mol. The molecule has 22 heavy (non-hydrogen) atoms. The second-order valence-corrected chi connectivity index (χ2v) is 5.69. The van der Waals surface area contributed by atoms with Gasteiger partial charge in [0.15, 0.2) is 0 Å². The summed E-state index contributed by atoms with van der Waals surface area (Å²) >= 11 is 0. The van der Waals surface area contributed by atoms with Crippen molar-refractivity contribution in [3.63, 3.8) is 0 Å². The van der Waals surface area contributed by atoms with Gasteiger partial charge in [-0.05, 0) is 0 Å². The van der Waals surface area contributed by atoms with Crippen molar-refractivity contribution < 1.29 is 40.8 Å². The van der Waals surface area contributed by atoms with Gasteiger partial charge >= 0.3 is 12.1 Å². The highest BCUT2D eigenvalue weighted by Gasteiger charge is 2.45. The van der Waals surface area contributed by atoms with Gasteiger partial charge in [-0.3, -0.25) is 4.55 Å². The van der Waals surface area contributed by atoms with E-state index in [9.17, 15) is 31.5 Å².